The van der Waals surface area contributed by atoms with Crippen LogP contribution in [0.5, 0.6) is 0 Å². The zero-order valence-electron chi connectivity index (χ0n) is 9.59. The van der Waals surface area contributed by atoms with Crippen LogP contribution >= 0.6 is 0 Å². The number of Topliss-reactive ketones (excluding diaryl/α,β-unsaturated/α-hetero) is 1. The fraction of sp³-hybridized carbons (Fsp3) is 0.636. The van der Waals surface area contributed by atoms with E-state index in [1.54, 1.807) is 0 Å². The number of likely N-dealkylation sites (tertiary alicyclic amines) is 1. The summed E-state index contributed by atoms with van der Waals surface area (Å²) in [7, 11) is 0. The van der Waals surface area contributed by atoms with E-state index in [1.165, 1.54) is 0 Å². The zero-order chi connectivity index (χ0) is 13.5. The van der Waals surface area contributed by atoms with Gasteiger partial charge >= 0.3 is 5.97 Å². The molecule has 0 aromatic rings. The number of hydrogen-bond acceptors (Lipinski definition) is 5. The number of carbonyl (C=O) groups is 4. The molecule has 0 radical (unpaired) electrons. The minimum absolute atomic E-state index is 0.212. The number of amides is 2. The Hall–Kier alpha value is -1.76. The van der Waals surface area contributed by atoms with Crippen LogP contribution in [-0.2, 0) is 19.2 Å². The molecule has 18 heavy (non-hydrogen) atoms. The summed E-state index contributed by atoms with van der Waals surface area (Å²) in [4.78, 5) is 46.5. The Morgan fingerprint density at radius 1 is 1.39 bits per heavy atom. The summed E-state index contributed by atoms with van der Waals surface area (Å²) in [6.45, 7) is 0. The molecule has 0 aromatic heterocycles. The van der Waals surface area contributed by atoms with Crippen LogP contribution in [0, 0.1) is 0 Å². The Morgan fingerprint density at radius 3 is 2.56 bits per heavy atom. The van der Waals surface area contributed by atoms with Gasteiger partial charge in [0.05, 0.1) is 18.9 Å². The number of aliphatic carboxylic acids is 1. The quantitative estimate of drug-likeness (QED) is 0.630. The lowest BCUT2D eigenvalue weighted by Gasteiger charge is -2.23. The molecule has 1 saturated carbocycles. The molecule has 1 saturated heterocycles. The molecule has 0 aromatic carbocycles. The lowest BCUT2D eigenvalue weighted by molar-refractivity contribution is -0.156. The number of rotatable bonds is 3. The minimum atomic E-state index is -2.20. The van der Waals surface area contributed by atoms with Gasteiger partial charge < -0.3 is 10.2 Å². The molecule has 2 aliphatic rings. The number of ketones is 1. The van der Waals surface area contributed by atoms with Gasteiger partial charge in [-0.2, -0.15) is 0 Å². The zero-order valence-corrected chi connectivity index (χ0v) is 9.59. The van der Waals surface area contributed by atoms with E-state index >= 15 is 0 Å². The third-order valence-electron chi connectivity index (χ3n) is 3.36. The lowest BCUT2D eigenvalue weighted by atomic mass is 9.98. The number of imide groups is 1. The van der Waals surface area contributed by atoms with Crippen molar-refractivity contribution in [1.82, 2.24) is 4.90 Å². The van der Waals surface area contributed by atoms with Crippen LogP contribution in [0.25, 0.3) is 0 Å². The van der Waals surface area contributed by atoms with Gasteiger partial charge in [-0.05, 0) is 12.8 Å². The first-order valence-electron chi connectivity index (χ1n) is 5.68. The third kappa shape index (κ3) is 1.90. The number of carbonyl (C=O) groups excluding carboxylic acids is 3. The van der Waals surface area contributed by atoms with E-state index in [0.29, 0.717) is 19.3 Å². The van der Waals surface area contributed by atoms with Gasteiger partial charge in [-0.1, -0.05) is 0 Å². The Bertz CT molecular complexity index is 445. The molecule has 2 fully saturated rings. The predicted octanol–water partition coefficient (Wildman–Crippen LogP) is -0.927. The van der Waals surface area contributed by atoms with Gasteiger partial charge in [-0.25, -0.2) is 0 Å². The van der Waals surface area contributed by atoms with Gasteiger partial charge in [0.15, 0.2) is 11.4 Å². The topological polar surface area (TPSA) is 112 Å². The highest BCUT2D eigenvalue weighted by Crippen LogP contribution is 2.32. The molecule has 1 aliphatic heterocycles. The highest BCUT2D eigenvalue weighted by molar-refractivity contribution is 6.11. The summed E-state index contributed by atoms with van der Waals surface area (Å²) in [5, 5.41) is 18.6. The summed E-state index contributed by atoms with van der Waals surface area (Å²) >= 11 is 0. The molecule has 2 N–H and O–H groups in total. The van der Waals surface area contributed by atoms with E-state index in [9.17, 15) is 24.3 Å². The van der Waals surface area contributed by atoms with E-state index in [1.807, 2.05) is 0 Å². The van der Waals surface area contributed by atoms with Crippen LogP contribution in [-0.4, -0.2) is 50.3 Å². The number of carboxylic acid groups (broad SMARTS) is 1. The molecule has 7 heteroatoms. The van der Waals surface area contributed by atoms with E-state index in [-0.39, 0.29) is 5.78 Å². The molecule has 7 nitrogen and oxygen atoms in total. The fourth-order valence-electron chi connectivity index (χ4n) is 2.52. The predicted molar refractivity (Wildman–Crippen MR) is 56.3 cm³/mol. The summed E-state index contributed by atoms with van der Waals surface area (Å²) in [5.41, 5.74) is -2.20. The SMILES string of the molecule is O=C(O)CC1(O)CC(=O)N(C2CCCC2=O)C1=O. The second kappa shape index (κ2) is 4.16. The van der Waals surface area contributed by atoms with Crippen LogP contribution in [0.3, 0.4) is 0 Å². The highest BCUT2D eigenvalue weighted by Gasteiger charge is 2.55. The molecule has 2 rings (SSSR count). The van der Waals surface area contributed by atoms with Crippen molar-refractivity contribution in [1.29, 1.82) is 0 Å². The van der Waals surface area contributed by atoms with E-state index in [4.69, 9.17) is 5.11 Å². The number of nitrogens with zero attached hydrogens (tertiary/aromatic N) is 1. The average Bonchev–Trinajstić information content (AvgIpc) is 2.71. The van der Waals surface area contributed by atoms with Crippen molar-refractivity contribution in [2.45, 2.75) is 43.7 Å². The Labute approximate surface area is 102 Å². The Kier molecular flexibility index (Phi) is 2.94. The maximum absolute atomic E-state index is 11.9. The summed E-state index contributed by atoms with van der Waals surface area (Å²) in [6, 6.07) is -0.826. The first-order valence-corrected chi connectivity index (χ1v) is 5.68. The molecule has 2 amide bonds. The first-order chi connectivity index (χ1) is 8.35. The van der Waals surface area contributed by atoms with Crippen molar-refractivity contribution in [2.75, 3.05) is 0 Å². The van der Waals surface area contributed by atoms with Crippen LogP contribution in [0.2, 0.25) is 0 Å². The summed E-state index contributed by atoms with van der Waals surface area (Å²) < 4.78 is 0. The van der Waals surface area contributed by atoms with Crippen molar-refractivity contribution in [3.8, 4) is 0 Å². The molecule has 2 unspecified atom stereocenters. The van der Waals surface area contributed by atoms with Crippen molar-refractivity contribution in [3.63, 3.8) is 0 Å². The highest BCUT2D eigenvalue weighted by atomic mass is 16.4. The van der Waals surface area contributed by atoms with Gasteiger partial charge in [0.25, 0.3) is 5.91 Å². The third-order valence-corrected chi connectivity index (χ3v) is 3.36. The molecule has 0 spiro atoms. The van der Waals surface area contributed by atoms with Gasteiger partial charge in [0.1, 0.15) is 0 Å². The van der Waals surface area contributed by atoms with Crippen molar-refractivity contribution < 1.29 is 29.4 Å². The number of aliphatic hydroxyl groups is 1. The monoisotopic (exact) mass is 255 g/mol. The van der Waals surface area contributed by atoms with E-state index < -0.39 is 42.3 Å². The van der Waals surface area contributed by atoms with Gasteiger partial charge in [-0.15, -0.1) is 0 Å². The minimum Gasteiger partial charge on any atom is -0.481 e. The normalized spacial score (nSPS) is 32.4. The van der Waals surface area contributed by atoms with Gasteiger partial charge in [0, 0.05) is 6.42 Å². The van der Waals surface area contributed by atoms with Crippen molar-refractivity contribution in [2.24, 2.45) is 0 Å². The molecule has 0 bridgehead atoms. The van der Waals surface area contributed by atoms with Crippen LogP contribution in [0.1, 0.15) is 32.1 Å². The van der Waals surface area contributed by atoms with Gasteiger partial charge in [-0.3, -0.25) is 24.1 Å². The first kappa shape index (κ1) is 12.7. The smallest absolute Gasteiger partial charge is 0.306 e. The maximum Gasteiger partial charge on any atom is 0.306 e. The molecular weight excluding hydrogens is 242 g/mol. The number of carboxylic acids is 1. The standard InChI is InChI=1S/C11H13NO6/c13-7-3-1-2-6(7)12-8(14)4-11(18,10(12)17)5-9(15)16/h6,18H,1-5H2,(H,15,16). The van der Waals surface area contributed by atoms with E-state index in [2.05, 4.69) is 0 Å². The second-order valence-corrected chi connectivity index (χ2v) is 4.72. The lowest BCUT2D eigenvalue weighted by Crippen LogP contribution is -2.47. The largest absolute Gasteiger partial charge is 0.481 e. The van der Waals surface area contributed by atoms with Crippen LogP contribution < -0.4 is 0 Å². The average molecular weight is 255 g/mol. The Morgan fingerprint density at radius 2 is 2.06 bits per heavy atom. The summed E-state index contributed by atoms with van der Waals surface area (Å²) in [6.07, 6.45) is -0.104. The second-order valence-electron chi connectivity index (χ2n) is 4.72. The van der Waals surface area contributed by atoms with Gasteiger partial charge in [0.2, 0.25) is 5.91 Å². The molecule has 1 heterocycles. The summed E-state index contributed by atoms with van der Waals surface area (Å²) in [5.74, 6) is -3.21. The maximum atomic E-state index is 11.9. The molecule has 1 aliphatic carbocycles. The van der Waals surface area contributed by atoms with Crippen molar-refractivity contribution >= 4 is 23.6 Å². The molecule has 98 valence electrons. The van der Waals surface area contributed by atoms with Crippen molar-refractivity contribution in [3.05, 3.63) is 0 Å². The van der Waals surface area contributed by atoms with Crippen LogP contribution in [0.15, 0.2) is 0 Å². The molecular formula is C11H13NO6. The number of hydrogen-bond donors (Lipinski definition) is 2. The Balaban J connectivity index is 2.24. The van der Waals surface area contributed by atoms with E-state index in [0.717, 1.165) is 4.90 Å². The fourth-order valence-corrected chi connectivity index (χ4v) is 2.52. The molecule has 2 atom stereocenters. The van der Waals surface area contributed by atoms with Crippen LogP contribution in [0.4, 0.5) is 0 Å².